The van der Waals surface area contributed by atoms with Gasteiger partial charge in [0.1, 0.15) is 21.3 Å². The number of fused-ring (bicyclic) bond motifs is 2. The molecule has 0 saturated heterocycles. The van der Waals surface area contributed by atoms with Gasteiger partial charge >= 0.3 is 0 Å². The molecule has 0 spiro atoms. The molecule has 0 aliphatic carbocycles. The zero-order valence-corrected chi connectivity index (χ0v) is 25.4. The first-order valence-corrected chi connectivity index (χ1v) is 15.1. The van der Waals surface area contributed by atoms with E-state index in [0.29, 0.717) is 42.7 Å². The van der Waals surface area contributed by atoms with Crippen LogP contribution in [0.2, 0.25) is 10.0 Å². The fourth-order valence-corrected chi connectivity index (χ4v) is 7.45. The summed E-state index contributed by atoms with van der Waals surface area (Å²) in [4.78, 5) is 27.1. The topological polar surface area (TPSA) is 76.7 Å². The summed E-state index contributed by atoms with van der Waals surface area (Å²) in [6.45, 7) is 0. The predicted octanol–water partition coefficient (Wildman–Crippen LogP) is 9.61. The number of halogens is 2. The molecule has 4 aromatic carbocycles. The maximum absolute atomic E-state index is 13.1. The Labute approximate surface area is 259 Å². The van der Waals surface area contributed by atoms with Gasteiger partial charge in [0.15, 0.2) is 0 Å². The number of nitrogens with one attached hydrogen (secondary N) is 2. The van der Waals surface area contributed by atoms with E-state index >= 15 is 0 Å². The highest BCUT2D eigenvalue weighted by Gasteiger charge is 2.20. The van der Waals surface area contributed by atoms with Crippen LogP contribution in [0.1, 0.15) is 19.3 Å². The Morgan fingerprint density at radius 3 is 1.40 bits per heavy atom. The van der Waals surface area contributed by atoms with Gasteiger partial charge < -0.3 is 20.1 Å². The highest BCUT2D eigenvalue weighted by Crippen LogP contribution is 2.39. The van der Waals surface area contributed by atoms with Crippen molar-refractivity contribution in [2.24, 2.45) is 0 Å². The zero-order valence-electron chi connectivity index (χ0n) is 22.3. The molecule has 42 heavy (non-hydrogen) atoms. The first kappa shape index (κ1) is 28.1. The Morgan fingerprint density at radius 1 is 0.619 bits per heavy atom. The van der Waals surface area contributed by atoms with Crippen LogP contribution in [0.5, 0.6) is 11.5 Å². The third-order valence-electron chi connectivity index (χ3n) is 6.72. The smallest absolute Gasteiger partial charge is 0.267 e. The third kappa shape index (κ3) is 5.18. The largest absolute Gasteiger partial charge is 0.495 e. The standard InChI is InChI=1S/C32H22Cl2N2O4S2/c1-39-23-15-17(11-13-21(23)35-31(37)29-27(33)19-7-3-5-9-25(19)41-29)18-12-14-22(24(16-18)40-2)36-32(38)30-28(34)20-8-4-6-10-26(20)42-30/h3-16H,1-2H3,(H,35,37)(H,36,38). The molecular weight excluding hydrogens is 611 g/mol. The minimum absolute atomic E-state index is 0.312. The van der Waals surface area contributed by atoms with Crippen molar-refractivity contribution in [1.29, 1.82) is 0 Å². The van der Waals surface area contributed by atoms with E-state index in [2.05, 4.69) is 10.6 Å². The number of carbonyl (C=O) groups is 2. The highest BCUT2D eigenvalue weighted by atomic mass is 35.5. The zero-order chi connectivity index (χ0) is 29.4. The van der Waals surface area contributed by atoms with Gasteiger partial charge in [0.05, 0.1) is 35.6 Å². The van der Waals surface area contributed by atoms with Crippen LogP contribution in [0.15, 0.2) is 84.9 Å². The van der Waals surface area contributed by atoms with E-state index in [4.69, 9.17) is 32.7 Å². The summed E-state index contributed by atoms with van der Waals surface area (Å²) in [7, 11) is 3.08. The van der Waals surface area contributed by atoms with Gasteiger partial charge in [0, 0.05) is 20.2 Å². The minimum Gasteiger partial charge on any atom is -0.495 e. The van der Waals surface area contributed by atoms with Gasteiger partial charge in [-0.3, -0.25) is 9.59 Å². The lowest BCUT2D eigenvalue weighted by Gasteiger charge is -2.14. The van der Waals surface area contributed by atoms with Gasteiger partial charge in [0.2, 0.25) is 0 Å². The average molecular weight is 634 g/mol. The number of thiophene rings is 2. The SMILES string of the molecule is COc1cc(-c2ccc(NC(=O)c3sc4ccccc4c3Cl)c(OC)c2)ccc1NC(=O)c1sc2ccccc2c1Cl. The molecule has 6 aromatic rings. The number of hydrogen-bond donors (Lipinski definition) is 2. The maximum Gasteiger partial charge on any atom is 0.267 e. The highest BCUT2D eigenvalue weighted by molar-refractivity contribution is 7.22. The first-order chi connectivity index (χ1) is 20.4. The normalized spacial score (nSPS) is 11.0. The minimum atomic E-state index is -0.312. The second-order valence-corrected chi connectivity index (χ2v) is 12.1. The summed E-state index contributed by atoms with van der Waals surface area (Å²) >= 11 is 15.7. The Hall–Kier alpha value is -4.08. The summed E-state index contributed by atoms with van der Waals surface area (Å²) in [6.07, 6.45) is 0. The van der Waals surface area contributed by atoms with Crippen LogP contribution in [0.4, 0.5) is 11.4 Å². The number of anilines is 2. The van der Waals surface area contributed by atoms with Gasteiger partial charge in [-0.2, -0.15) is 0 Å². The molecule has 2 heterocycles. The Kier molecular flexibility index (Phi) is 7.79. The predicted molar refractivity (Wildman–Crippen MR) is 175 cm³/mol. The molecule has 0 radical (unpaired) electrons. The summed E-state index contributed by atoms with van der Waals surface area (Å²) in [6, 6.07) is 26.2. The van der Waals surface area contributed by atoms with Crippen LogP contribution in [-0.2, 0) is 0 Å². The van der Waals surface area contributed by atoms with Crippen LogP contribution in [0.25, 0.3) is 31.3 Å². The molecule has 0 bridgehead atoms. The third-order valence-corrected chi connectivity index (χ3v) is 10.1. The molecule has 10 heteroatoms. The van der Waals surface area contributed by atoms with Crippen LogP contribution in [0.3, 0.4) is 0 Å². The monoisotopic (exact) mass is 632 g/mol. The summed E-state index contributed by atoms with van der Waals surface area (Å²) in [5.41, 5.74) is 2.67. The van der Waals surface area contributed by atoms with Gasteiger partial charge in [-0.15, -0.1) is 22.7 Å². The molecule has 2 aromatic heterocycles. The van der Waals surface area contributed by atoms with Crippen molar-refractivity contribution in [3.63, 3.8) is 0 Å². The number of amides is 2. The average Bonchev–Trinajstić information content (AvgIpc) is 3.54. The van der Waals surface area contributed by atoms with Gasteiger partial charge in [-0.25, -0.2) is 0 Å². The molecule has 0 aliphatic rings. The molecule has 2 N–H and O–H groups in total. The van der Waals surface area contributed by atoms with Crippen LogP contribution in [0, 0.1) is 0 Å². The van der Waals surface area contributed by atoms with Crippen molar-refractivity contribution < 1.29 is 19.1 Å². The number of carbonyl (C=O) groups excluding carboxylic acids is 2. The second-order valence-electron chi connectivity index (χ2n) is 9.22. The van der Waals surface area contributed by atoms with E-state index < -0.39 is 0 Å². The van der Waals surface area contributed by atoms with E-state index in [9.17, 15) is 9.59 Å². The van der Waals surface area contributed by atoms with Crippen molar-refractivity contribution in [2.75, 3.05) is 24.9 Å². The quantitative estimate of drug-likeness (QED) is 0.184. The molecule has 2 amide bonds. The molecule has 0 unspecified atom stereocenters. The molecule has 6 nitrogen and oxygen atoms in total. The Bertz CT molecular complexity index is 1860. The first-order valence-electron chi connectivity index (χ1n) is 12.7. The van der Waals surface area contributed by atoms with Gasteiger partial charge in [-0.05, 0) is 47.5 Å². The molecule has 6 rings (SSSR count). The Morgan fingerprint density at radius 2 is 1.02 bits per heavy atom. The Balaban J connectivity index is 1.24. The van der Waals surface area contributed by atoms with Crippen molar-refractivity contribution in [1.82, 2.24) is 0 Å². The molecule has 0 fully saturated rings. The maximum atomic E-state index is 13.1. The van der Waals surface area contributed by atoms with E-state index in [1.54, 1.807) is 26.4 Å². The van der Waals surface area contributed by atoms with E-state index in [1.165, 1.54) is 22.7 Å². The number of benzene rings is 4. The lowest BCUT2D eigenvalue weighted by molar-refractivity contribution is 0.102. The number of ether oxygens (including phenoxy) is 2. The van der Waals surface area contributed by atoms with Crippen molar-refractivity contribution in [2.45, 2.75) is 0 Å². The van der Waals surface area contributed by atoms with Gasteiger partial charge in [0.25, 0.3) is 11.8 Å². The molecule has 0 atom stereocenters. The summed E-state index contributed by atoms with van der Waals surface area (Å²) in [5, 5.41) is 8.39. The van der Waals surface area contributed by atoms with Crippen molar-refractivity contribution >= 4 is 89.2 Å². The molecule has 0 aliphatic heterocycles. The number of hydrogen-bond acceptors (Lipinski definition) is 6. The number of rotatable bonds is 7. The van der Waals surface area contributed by atoms with E-state index in [1.807, 2.05) is 72.8 Å². The van der Waals surface area contributed by atoms with E-state index in [-0.39, 0.29) is 11.8 Å². The molecule has 0 saturated carbocycles. The fraction of sp³-hybridized carbons (Fsp3) is 0.0625. The summed E-state index contributed by atoms with van der Waals surface area (Å²) in [5.74, 6) is 0.336. The molecule has 210 valence electrons. The molecular formula is C32H22Cl2N2O4S2. The summed E-state index contributed by atoms with van der Waals surface area (Å²) < 4.78 is 13.1. The second kappa shape index (κ2) is 11.7. The fourth-order valence-electron chi connectivity index (χ4n) is 4.63. The van der Waals surface area contributed by atoms with Gasteiger partial charge in [-0.1, -0.05) is 71.7 Å². The number of methoxy groups -OCH3 is 2. The van der Waals surface area contributed by atoms with Crippen LogP contribution in [-0.4, -0.2) is 26.0 Å². The lowest BCUT2D eigenvalue weighted by atomic mass is 10.0. The lowest BCUT2D eigenvalue weighted by Crippen LogP contribution is -2.12. The van der Waals surface area contributed by atoms with Crippen LogP contribution >= 0.6 is 45.9 Å². The van der Waals surface area contributed by atoms with Crippen molar-refractivity contribution in [3.05, 3.63) is 105 Å². The van der Waals surface area contributed by atoms with E-state index in [0.717, 1.165) is 31.3 Å². The van der Waals surface area contributed by atoms with Crippen LogP contribution < -0.4 is 20.1 Å². The van der Waals surface area contributed by atoms with Crippen molar-refractivity contribution in [3.8, 4) is 22.6 Å².